The number of nitrogens with two attached hydrogens (primary N) is 1. The van der Waals surface area contributed by atoms with Crippen molar-refractivity contribution in [2.75, 3.05) is 5.73 Å². The molecule has 1 heterocycles. The summed E-state index contributed by atoms with van der Waals surface area (Å²) in [6, 6.07) is 0. The Hall–Kier alpha value is -0.810. The number of aromatic nitrogens is 1. The number of aliphatic hydroxyl groups excluding tert-OH is 1. The van der Waals surface area contributed by atoms with Gasteiger partial charge in [0, 0.05) is 18.9 Å². The van der Waals surface area contributed by atoms with E-state index < -0.39 is 6.10 Å². The van der Waals surface area contributed by atoms with Crippen LogP contribution in [0.15, 0.2) is 21.7 Å². The molecule has 0 amide bonds. The van der Waals surface area contributed by atoms with Gasteiger partial charge >= 0.3 is 0 Å². The van der Waals surface area contributed by atoms with Crippen LogP contribution in [-0.4, -0.2) is 15.8 Å². The molecule has 0 aliphatic rings. The Bertz CT molecular complexity index is 375. The van der Waals surface area contributed by atoms with Crippen LogP contribution >= 0.6 is 15.9 Å². The Labute approximate surface area is 96.8 Å². The number of hydrogen-bond acceptors (Lipinski definition) is 3. The van der Waals surface area contributed by atoms with Crippen molar-refractivity contribution in [1.82, 2.24) is 4.57 Å². The first-order valence-electron chi connectivity index (χ1n) is 4.75. The minimum absolute atomic E-state index is 0.171. The van der Waals surface area contributed by atoms with Crippen molar-refractivity contribution < 1.29 is 5.11 Å². The van der Waals surface area contributed by atoms with Gasteiger partial charge in [-0.05, 0) is 21.8 Å². The highest BCUT2D eigenvalue weighted by atomic mass is 79.9. The van der Waals surface area contributed by atoms with Crippen LogP contribution in [0.2, 0.25) is 0 Å². The molecule has 1 atom stereocenters. The van der Waals surface area contributed by atoms with E-state index in [2.05, 4.69) is 15.9 Å². The minimum atomic E-state index is -0.446. The lowest BCUT2D eigenvalue weighted by Crippen LogP contribution is -2.23. The van der Waals surface area contributed by atoms with Crippen molar-refractivity contribution in [2.45, 2.75) is 26.5 Å². The second-order valence-electron chi connectivity index (χ2n) is 3.90. The van der Waals surface area contributed by atoms with E-state index in [0.29, 0.717) is 11.0 Å². The molecule has 84 valence electrons. The SMILES string of the molecule is CC(C)C(O)Cn1cc(N)c(=O)c(Br)c1. The predicted molar refractivity (Wildman–Crippen MR) is 63.7 cm³/mol. The lowest BCUT2D eigenvalue weighted by atomic mass is 10.1. The lowest BCUT2D eigenvalue weighted by molar-refractivity contribution is 0.107. The summed E-state index contributed by atoms with van der Waals surface area (Å²) < 4.78 is 2.13. The number of nitrogen functional groups attached to an aromatic ring is 1. The summed E-state index contributed by atoms with van der Waals surface area (Å²) in [6.45, 7) is 4.30. The van der Waals surface area contributed by atoms with Crippen molar-refractivity contribution in [2.24, 2.45) is 5.92 Å². The Morgan fingerprint density at radius 2 is 2.13 bits per heavy atom. The van der Waals surface area contributed by atoms with E-state index in [4.69, 9.17) is 5.73 Å². The number of rotatable bonds is 3. The molecule has 0 radical (unpaired) electrons. The predicted octanol–water partition coefficient (Wildman–Crippen LogP) is 1.21. The maximum atomic E-state index is 11.3. The summed E-state index contributed by atoms with van der Waals surface area (Å²) in [6.07, 6.45) is 2.72. The van der Waals surface area contributed by atoms with E-state index in [1.165, 1.54) is 0 Å². The Morgan fingerprint density at radius 1 is 1.53 bits per heavy atom. The largest absolute Gasteiger partial charge is 0.394 e. The topological polar surface area (TPSA) is 68.2 Å². The van der Waals surface area contributed by atoms with Gasteiger partial charge in [0.05, 0.1) is 16.3 Å². The Morgan fingerprint density at radius 3 is 2.60 bits per heavy atom. The van der Waals surface area contributed by atoms with Gasteiger partial charge in [0.2, 0.25) is 5.43 Å². The quantitative estimate of drug-likeness (QED) is 0.871. The monoisotopic (exact) mass is 274 g/mol. The standard InChI is InChI=1S/C10H15BrN2O2/c1-6(2)9(14)5-13-3-7(11)10(15)8(12)4-13/h3-4,6,9,14H,5,12H2,1-2H3. The maximum Gasteiger partial charge on any atom is 0.218 e. The lowest BCUT2D eigenvalue weighted by Gasteiger charge is -2.16. The van der Waals surface area contributed by atoms with Crippen LogP contribution in [0.1, 0.15) is 13.8 Å². The molecule has 0 aliphatic carbocycles. The molecule has 0 fully saturated rings. The second-order valence-corrected chi connectivity index (χ2v) is 4.75. The van der Waals surface area contributed by atoms with E-state index >= 15 is 0 Å². The first kappa shape index (κ1) is 12.3. The third kappa shape index (κ3) is 3.07. The van der Waals surface area contributed by atoms with Gasteiger partial charge < -0.3 is 15.4 Å². The molecular weight excluding hydrogens is 260 g/mol. The highest BCUT2D eigenvalue weighted by Crippen LogP contribution is 2.09. The molecule has 5 heteroatoms. The van der Waals surface area contributed by atoms with Crippen LogP contribution in [0.25, 0.3) is 0 Å². The molecule has 0 saturated carbocycles. The average molecular weight is 275 g/mol. The maximum absolute atomic E-state index is 11.3. The third-order valence-corrected chi connectivity index (χ3v) is 2.80. The van der Waals surface area contributed by atoms with Crippen LogP contribution in [0.3, 0.4) is 0 Å². The fourth-order valence-electron chi connectivity index (χ4n) is 1.15. The number of aliphatic hydroxyl groups is 1. The summed E-state index contributed by atoms with van der Waals surface area (Å²) in [7, 11) is 0. The van der Waals surface area contributed by atoms with E-state index in [9.17, 15) is 9.90 Å². The van der Waals surface area contributed by atoms with Gasteiger partial charge in [-0.3, -0.25) is 4.79 Å². The van der Waals surface area contributed by atoms with Crippen LogP contribution in [0.5, 0.6) is 0 Å². The summed E-state index contributed by atoms with van der Waals surface area (Å²) in [5.41, 5.74) is 5.49. The smallest absolute Gasteiger partial charge is 0.218 e. The third-order valence-electron chi connectivity index (χ3n) is 2.23. The molecule has 0 aliphatic heterocycles. The molecule has 1 unspecified atom stereocenters. The Kier molecular flexibility index (Phi) is 3.93. The molecule has 0 bridgehead atoms. The highest BCUT2D eigenvalue weighted by molar-refractivity contribution is 9.10. The summed E-state index contributed by atoms with van der Waals surface area (Å²) >= 11 is 3.13. The zero-order chi connectivity index (χ0) is 11.6. The summed E-state index contributed by atoms with van der Waals surface area (Å²) in [5, 5.41) is 9.68. The van der Waals surface area contributed by atoms with Crippen molar-refractivity contribution in [3.63, 3.8) is 0 Å². The molecule has 0 spiro atoms. The number of hydrogen-bond donors (Lipinski definition) is 2. The molecule has 0 aromatic carbocycles. The van der Waals surface area contributed by atoms with Gasteiger partial charge in [0.1, 0.15) is 0 Å². The fraction of sp³-hybridized carbons (Fsp3) is 0.500. The van der Waals surface area contributed by atoms with Crippen LogP contribution in [-0.2, 0) is 6.54 Å². The first-order chi connectivity index (χ1) is 6.91. The van der Waals surface area contributed by atoms with E-state index in [1.807, 2.05) is 13.8 Å². The van der Waals surface area contributed by atoms with Crippen LogP contribution in [0, 0.1) is 5.92 Å². The molecule has 3 N–H and O–H groups in total. The average Bonchev–Trinajstić information content (AvgIpc) is 2.13. The van der Waals surface area contributed by atoms with Gasteiger partial charge in [-0.1, -0.05) is 13.8 Å². The van der Waals surface area contributed by atoms with E-state index in [1.54, 1.807) is 17.0 Å². The fourth-order valence-corrected chi connectivity index (χ4v) is 1.64. The number of anilines is 1. The zero-order valence-corrected chi connectivity index (χ0v) is 10.4. The number of halogens is 1. The molecule has 15 heavy (non-hydrogen) atoms. The van der Waals surface area contributed by atoms with Crippen molar-refractivity contribution in [3.8, 4) is 0 Å². The van der Waals surface area contributed by atoms with Gasteiger partial charge in [-0.15, -0.1) is 0 Å². The van der Waals surface area contributed by atoms with Crippen LogP contribution in [0.4, 0.5) is 5.69 Å². The van der Waals surface area contributed by atoms with Crippen molar-refractivity contribution >= 4 is 21.6 Å². The molecular formula is C10H15BrN2O2. The summed E-state index contributed by atoms with van der Waals surface area (Å²) in [4.78, 5) is 11.3. The number of nitrogens with zero attached hydrogens (tertiary/aromatic N) is 1. The van der Waals surface area contributed by atoms with Gasteiger partial charge in [0.25, 0.3) is 0 Å². The minimum Gasteiger partial charge on any atom is -0.394 e. The molecule has 1 aromatic rings. The van der Waals surface area contributed by atoms with Gasteiger partial charge in [-0.25, -0.2) is 0 Å². The van der Waals surface area contributed by atoms with Crippen molar-refractivity contribution in [3.05, 3.63) is 27.1 Å². The normalized spacial score (nSPS) is 13.1. The zero-order valence-electron chi connectivity index (χ0n) is 8.77. The van der Waals surface area contributed by atoms with Gasteiger partial charge in [-0.2, -0.15) is 0 Å². The van der Waals surface area contributed by atoms with Gasteiger partial charge in [0.15, 0.2) is 0 Å². The van der Waals surface area contributed by atoms with Crippen molar-refractivity contribution in [1.29, 1.82) is 0 Å². The molecule has 1 rings (SSSR count). The van der Waals surface area contributed by atoms with E-state index in [-0.39, 0.29) is 17.0 Å². The second kappa shape index (κ2) is 4.81. The van der Waals surface area contributed by atoms with E-state index in [0.717, 1.165) is 0 Å². The summed E-state index contributed by atoms with van der Waals surface area (Å²) in [5.74, 6) is 0.171. The molecule has 1 aromatic heterocycles. The van der Waals surface area contributed by atoms with Crippen LogP contribution < -0.4 is 11.2 Å². The first-order valence-corrected chi connectivity index (χ1v) is 5.54. The Balaban J connectivity index is 2.93. The molecule has 0 saturated heterocycles. The highest BCUT2D eigenvalue weighted by Gasteiger charge is 2.10. The number of pyridine rings is 1. The molecule has 4 nitrogen and oxygen atoms in total.